The molecule has 122 valence electrons. The summed E-state index contributed by atoms with van der Waals surface area (Å²) in [5, 5.41) is 7.28. The third-order valence-electron chi connectivity index (χ3n) is 3.75. The number of benzene rings is 1. The number of hydrogen-bond donors (Lipinski definition) is 1. The normalized spacial score (nSPS) is 10.5. The zero-order chi connectivity index (χ0) is 16.6. The van der Waals surface area contributed by atoms with Crippen LogP contribution in [0.25, 0.3) is 0 Å². The molecule has 2 aromatic heterocycles. The number of pyridine rings is 1. The maximum absolute atomic E-state index is 11.9. The van der Waals surface area contributed by atoms with Crippen LogP contribution in [0.5, 0.6) is 0 Å². The molecule has 0 saturated carbocycles. The molecule has 0 aliphatic carbocycles. The zero-order valence-electron chi connectivity index (χ0n) is 13.4. The van der Waals surface area contributed by atoms with Gasteiger partial charge in [0.15, 0.2) is 0 Å². The highest BCUT2D eigenvalue weighted by molar-refractivity contribution is 5.76. The standard InChI is InChI=1S/C19H20N4O/c24-19(7-6-16-8-10-20-11-9-16)21-12-18-13-22-23(15-18)14-17-4-2-1-3-5-17/h1-5,8-11,13,15H,6-7,12,14H2,(H,21,24). The van der Waals surface area contributed by atoms with Crippen molar-refractivity contribution in [3.63, 3.8) is 0 Å². The fourth-order valence-corrected chi connectivity index (χ4v) is 2.45. The van der Waals surface area contributed by atoms with Crippen LogP contribution in [0.2, 0.25) is 0 Å². The maximum Gasteiger partial charge on any atom is 0.220 e. The van der Waals surface area contributed by atoms with E-state index < -0.39 is 0 Å². The van der Waals surface area contributed by atoms with E-state index in [1.54, 1.807) is 18.6 Å². The highest BCUT2D eigenvalue weighted by Gasteiger charge is 2.04. The number of rotatable bonds is 7. The van der Waals surface area contributed by atoms with Crippen LogP contribution in [-0.2, 0) is 24.3 Å². The van der Waals surface area contributed by atoms with Gasteiger partial charge >= 0.3 is 0 Å². The number of aromatic nitrogens is 3. The Balaban J connectivity index is 1.44. The molecule has 2 heterocycles. The topological polar surface area (TPSA) is 59.8 Å². The third-order valence-corrected chi connectivity index (χ3v) is 3.75. The van der Waals surface area contributed by atoms with Gasteiger partial charge in [0.05, 0.1) is 12.7 Å². The fraction of sp³-hybridized carbons (Fsp3) is 0.211. The monoisotopic (exact) mass is 320 g/mol. The SMILES string of the molecule is O=C(CCc1ccncc1)NCc1cnn(Cc2ccccc2)c1. The lowest BCUT2D eigenvalue weighted by molar-refractivity contribution is -0.121. The predicted octanol–water partition coefficient (Wildman–Crippen LogP) is 2.58. The number of carbonyl (C=O) groups is 1. The summed E-state index contributed by atoms with van der Waals surface area (Å²) in [7, 11) is 0. The molecule has 0 aliphatic rings. The first-order valence-electron chi connectivity index (χ1n) is 8.00. The van der Waals surface area contributed by atoms with Gasteiger partial charge in [-0.2, -0.15) is 5.10 Å². The summed E-state index contributed by atoms with van der Waals surface area (Å²) in [4.78, 5) is 15.9. The van der Waals surface area contributed by atoms with Gasteiger partial charge in [-0.05, 0) is 29.7 Å². The Kier molecular flexibility index (Phi) is 5.35. The molecule has 0 radical (unpaired) electrons. The predicted molar refractivity (Wildman–Crippen MR) is 92.2 cm³/mol. The summed E-state index contributed by atoms with van der Waals surface area (Å²) >= 11 is 0. The minimum absolute atomic E-state index is 0.0441. The van der Waals surface area contributed by atoms with E-state index in [-0.39, 0.29) is 5.91 Å². The maximum atomic E-state index is 11.9. The summed E-state index contributed by atoms with van der Waals surface area (Å²) in [5.74, 6) is 0.0441. The molecule has 0 atom stereocenters. The quantitative estimate of drug-likeness (QED) is 0.728. The van der Waals surface area contributed by atoms with Crippen LogP contribution in [0.4, 0.5) is 0 Å². The number of aryl methyl sites for hydroxylation is 1. The van der Waals surface area contributed by atoms with Crippen LogP contribution in [0.15, 0.2) is 67.3 Å². The van der Waals surface area contributed by atoms with Crippen molar-refractivity contribution in [2.75, 3.05) is 0 Å². The molecule has 5 nitrogen and oxygen atoms in total. The van der Waals surface area contributed by atoms with E-state index >= 15 is 0 Å². The van der Waals surface area contributed by atoms with Crippen molar-refractivity contribution in [1.29, 1.82) is 0 Å². The van der Waals surface area contributed by atoms with Gasteiger partial charge in [0.2, 0.25) is 5.91 Å². The number of hydrogen-bond acceptors (Lipinski definition) is 3. The number of amides is 1. The van der Waals surface area contributed by atoms with Crippen molar-refractivity contribution in [2.45, 2.75) is 25.9 Å². The molecule has 0 bridgehead atoms. The molecule has 0 saturated heterocycles. The highest BCUT2D eigenvalue weighted by atomic mass is 16.1. The van der Waals surface area contributed by atoms with E-state index in [1.807, 2.05) is 41.2 Å². The first kappa shape index (κ1) is 15.9. The van der Waals surface area contributed by atoms with E-state index in [1.165, 1.54) is 5.56 Å². The van der Waals surface area contributed by atoms with Crippen LogP contribution in [0, 0.1) is 0 Å². The molecule has 0 spiro atoms. The van der Waals surface area contributed by atoms with Gasteiger partial charge < -0.3 is 5.32 Å². The Morgan fingerprint density at radius 3 is 2.58 bits per heavy atom. The van der Waals surface area contributed by atoms with Gasteiger partial charge in [0, 0.05) is 37.1 Å². The Morgan fingerprint density at radius 2 is 1.79 bits per heavy atom. The number of carbonyl (C=O) groups excluding carboxylic acids is 1. The van der Waals surface area contributed by atoms with Gasteiger partial charge in [-0.1, -0.05) is 30.3 Å². The average Bonchev–Trinajstić information content (AvgIpc) is 3.07. The molecule has 0 aliphatic heterocycles. The molecule has 0 fully saturated rings. The van der Waals surface area contributed by atoms with Crippen molar-refractivity contribution >= 4 is 5.91 Å². The van der Waals surface area contributed by atoms with Gasteiger partial charge in [-0.3, -0.25) is 14.5 Å². The molecule has 1 N–H and O–H groups in total. The smallest absolute Gasteiger partial charge is 0.220 e. The molecule has 3 aromatic rings. The molecular weight excluding hydrogens is 300 g/mol. The lowest BCUT2D eigenvalue weighted by Gasteiger charge is -2.04. The van der Waals surface area contributed by atoms with Crippen molar-refractivity contribution in [1.82, 2.24) is 20.1 Å². The van der Waals surface area contributed by atoms with Crippen LogP contribution in [0.3, 0.4) is 0 Å². The second kappa shape index (κ2) is 8.06. The van der Waals surface area contributed by atoms with Crippen LogP contribution in [0.1, 0.15) is 23.1 Å². The van der Waals surface area contributed by atoms with Gasteiger partial charge in [-0.15, -0.1) is 0 Å². The second-order valence-corrected chi connectivity index (χ2v) is 5.66. The average molecular weight is 320 g/mol. The first-order chi connectivity index (χ1) is 11.8. The summed E-state index contributed by atoms with van der Waals surface area (Å²) in [6.07, 6.45) is 8.45. The number of nitrogens with one attached hydrogen (secondary N) is 1. The molecule has 24 heavy (non-hydrogen) atoms. The molecule has 1 aromatic carbocycles. The van der Waals surface area contributed by atoms with E-state index in [0.29, 0.717) is 13.0 Å². The highest BCUT2D eigenvalue weighted by Crippen LogP contribution is 2.05. The Hall–Kier alpha value is -2.95. The summed E-state index contributed by atoms with van der Waals surface area (Å²) in [6.45, 7) is 1.24. The van der Waals surface area contributed by atoms with Crippen LogP contribution >= 0.6 is 0 Å². The van der Waals surface area contributed by atoms with Crippen molar-refractivity contribution < 1.29 is 4.79 Å². The van der Waals surface area contributed by atoms with Gasteiger partial charge in [0.1, 0.15) is 0 Å². The van der Waals surface area contributed by atoms with Crippen molar-refractivity contribution in [2.24, 2.45) is 0 Å². The first-order valence-corrected chi connectivity index (χ1v) is 8.00. The van der Waals surface area contributed by atoms with Gasteiger partial charge in [0.25, 0.3) is 0 Å². The van der Waals surface area contributed by atoms with Crippen molar-refractivity contribution in [3.8, 4) is 0 Å². The largest absolute Gasteiger partial charge is 0.352 e. The Labute approximate surface area is 141 Å². The molecule has 1 amide bonds. The number of nitrogens with zero attached hydrogens (tertiary/aromatic N) is 3. The van der Waals surface area contributed by atoms with Crippen LogP contribution < -0.4 is 5.32 Å². The Bertz CT molecular complexity index is 768. The molecule has 3 rings (SSSR count). The molecule has 0 unspecified atom stereocenters. The lowest BCUT2D eigenvalue weighted by atomic mass is 10.1. The van der Waals surface area contributed by atoms with E-state index in [2.05, 4.69) is 27.5 Å². The lowest BCUT2D eigenvalue weighted by Crippen LogP contribution is -2.22. The fourth-order valence-electron chi connectivity index (χ4n) is 2.45. The molecule has 5 heteroatoms. The summed E-state index contributed by atoms with van der Waals surface area (Å²) in [5.41, 5.74) is 3.33. The van der Waals surface area contributed by atoms with Crippen molar-refractivity contribution in [3.05, 3.63) is 83.9 Å². The second-order valence-electron chi connectivity index (χ2n) is 5.66. The van der Waals surface area contributed by atoms with Crippen LogP contribution in [-0.4, -0.2) is 20.7 Å². The molecular formula is C19H20N4O. The Morgan fingerprint density at radius 1 is 1.00 bits per heavy atom. The zero-order valence-corrected chi connectivity index (χ0v) is 13.4. The minimum Gasteiger partial charge on any atom is -0.352 e. The van der Waals surface area contributed by atoms with E-state index in [9.17, 15) is 4.79 Å². The summed E-state index contributed by atoms with van der Waals surface area (Å²) in [6, 6.07) is 14.0. The summed E-state index contributed by atoms with van der Waals surface area (Å²) < 4.78 is 1.88. The minimum atomic E-state index is 0.0441. The third kappa shape index (κ3) is 4.78. The van der Waals surface area contributed by atoms with E-state index in [4.69, 9.17) is 0 Å². The van der Waals surface area contributed by atoms with Gasteiger partial charge in [-0.25, -0.2) is 0 Å². The van der Waals surface area contributed by atoms with E-state index in [0.717, 1.165) is 24.1 Å².